The molecule has 0 unspecified atom stereocenters. The molecule has 0 amide bonds. The summed E-state index contributed by atoms with van der Waals surface area (Å²) in [7, 11) is 7.13. The zero-order valence-corrected chi connectivity index (χ0v) is 38.4. The number of phenols is 6. The van der Waals surface area contributed by atoms with Crippen LogP contribution in [0.25, 0.3) is 0 Å². The van der Waals surface area contributed by atoms with Crippen molar-refractivity contribution in [3.05, 3.63) is 143 Å². The standard InChI is InChI=1S/2C9H10O3.C8H8O4.3C8H8O3/c1-6(10)7-3-4-8(11)9(5-7)12-2;1-2-12-9-5-7(6-10)3-4-8(9)11;1-12-7-4-5(8(10)11)2-3-6(7)9;1-11-8-3-2-6(5-9)4-7(8)10;1-11-8-4-6(5-9)2-3-7(8)10;1-11-7-4-2-3-6(5-9)8(7)10/h3-5,11H,1-2H3;3-6,11H,2H2,1H3;2-4,9H,1H3,(H,10,11);3*2-5,10H,1H3. The fraction of sp³-hybridized carbons (Fsp3) is 0.160. The number of phenolic OH excluding ortho intramolecular Hbond substituents is 6. The lowest BCUT2D eigenvalue weighted by Gasteiger charge is -2.04. The number of aromatic carboxylic acids is 1. The average Bonchev–Trinajstić information content (AvgIpc) is 3.36. The molecule has 0 heterocycles. The van der Waals surface area contributed by atoms with Gasteiger partial charge in [-0.2, -0.15) is 0 Å². The van der Waals surface area contributed by atoms with Crippen LogP contribution in [-0.2, 0) is 0 Å². The van der Waals surface area contributed by atoms with Gasteiger partial charge in [0, 0.05) is 22.3 Å². The van der Waals surface area contributed by atoms with Gasteiger partial charge in [0.15, 0.2) is 81.1 Å². The number of Topliss-reactive ketones (excluding diaryl/α,β-unsaturated/α-hetero) is 1. The third-order valence-electron chi connectivity index (χ3n) is 8.49. The highest BCUT2D eigenvalue weighted by Crippen LogP contribution is 2.30. The van der Waals surface area contributed by atoms with E-state index in [-0.39, 0.29) is 57.2 Å². The molecule has 6 aromatic carbocycles. The molecule has 0 radical (unpaired) electrons. The van der Waals surface area contributed by atoms with Gasteiger partial charge in [-0.15, -0.1) is 0 Å². The molecule has 366 valence electrons. The van der Waals surface area contributed by atoms with Crippen molar-refractivity contribution in [2.75, 3.05) is 42.2 Å². The quantitative estimate of drug-likeness (QED) is 0.0427. The zero-order chi connectivity index (χ0) is 52.1. The van der Waals surface area contributed by atoms with Gasteiger partial charge in [-0.05, 0) is 117 Å². The van der Waals surface area contributed by atoms with Crippen molar-refractivity contribution in [1.29, 1.82) is 0 Å². The second kappa shape index (κ2) is 30.8. The Hall–Kier alpha value is -9.26. The van der Waals surface area contributed by atoms with Gasteiger partial charge < -0.3 is 64.2 Å². The Labute approximate surface area is 396 Å². The third kappa shape index (κ3) is 19.4. The molecule has 0 aromatic heterocycles. The average molecular weight is 957 g/mol. The number of carbonyl (C=O) groups is 6. The molecule has 19 nitrogen and oxygen atoms in total. The first-order valence-corrected chi connectivity index (χ1v) is 19.8. The Morgan fingerprint density at radius 2 is 0.855 bits per heavy atom. The summed E-state index contributed by atoms with van der Waals surface area (Å²) in [5.41, 5.74) is 2.28. The molecule has 0 saturated heterocycles. The zero-order valence-electron chi connectivity index (χ0n) is 38.4. The number of hydrogen-bond donors (Lipinski definition) is 7. The number of hydrogen-bond acceptors (Lipinski definition) is 18. The Morgan fingerprint density at radius 1 is 0.449 bits per heavy atom. The number of ether oxygens (including phenoxy) is 6. The van der Waals surface area contributed by atoms with Crippen LogP contribution in [0.5, 0.6) is 69.0 Å². The van der Waals surface area contributed by atoms with Crippen LogP contribution in [0.1, 0.15) is 76.0 Å². The Bertz CT molecular complexity index is 2560. The van der Waals surface area contributed by atoms with Crippen LogP contribution in [0.2, 0.25) is 0 Å². The van der Waals surface area contributed by atoms with Crippen LogP contribution in [-0.4, -0.2) is 115 Å². The number of carboxylic acids is 1. The van der Waals surface area contributed by atoms with Gasteiger partial charge in [0.25, 0.3) is 0 Å². The summed E-state index contributed by atoms with van der Waals surface area (Å²) in [4.78, 5) is 62.4. The number of methoxy groups -OCH3 is 5. The van der Waals surface area contributed by atoms with E-state index in [2.05, 4.69) is 0 Å². The fourth-order valence-corrected chi connectivity index (χ4v) is 4.93. The molecule has 0 aliphatic rings. The van der Waals surface area contributed by atoms with E-state index in [1.165, 1.54) is 121 Å². The van der Waals surface area contributed by atoms with Gasteiger partial charge in [-0.1, -0.05) is 6.07 Å². The third-order valence-corrected chi connectivity index (χ3v) is 8.49. The first kappa shape index (κ1) is 57.8. The van der Waals surface area contributed by atoms with Crippen molar-refractivity contribution >= 4 is 36.9 Å². The summed E-state index contributed by atoms with van der Waals surface area (Å²) in [5, 5.41) is 63.5. The number of ketones is 1. The summed E-state index contributed by atoms with van der Waals surface area (Å²) in [6, 6.07) is 26.5. The van der Waals surface area contributed by atoms with Crippen LogP contribution in [0.15, 0.2) is 109 Å². The molecule has 0 atom stereocenters. The van der Waals surface area contributed by atoms with E-state index in [1.54, 1.807) is 30.3 Å². The lowest BCUT2D eigenvalue weighted by atomic mass is 10.1. The van der Waals surface area contributed by atoms with Crippen molar-refractivity contribution in [1.82, 2.24) is 0 Å². The second-order valence-corrected chi connectivity index (χ2v) is 13.0. The molecule has 6 rings (SSSR count). The number of rotatable bonds is 13. The molecule has 0 aliphatic carbocycles. The molecule has 0 bridgehead atoms. The number of aromatic hydroxyl groups is 6. The SMILES string of the molecule is CCOc1cc(C=O)ccc1O.COc1cc(C(=O)O)ccc1O.COc1cc(C(C)=O)ccc1O.COc1cc(C=O)ccc1O.COc1ccc(C=O)cc1O.COc1cccc(C=O)c1O. The van der Waals surface area contributed by atoms with E-state index in [0.717, 1.165) is 0 Å². The largest absolute Gasteiger partial charge is 0.504 e. The highest BCUT2D eigenvalue weighted by Gasteiger charge is 2.08. The summed E-state index contributed by atoms with van der Waals surface area (Å²) in [5.74, 6) is 0.689. The van der Waals surface area contributed by atoms with Crippen LogP contribution < -0.4 is 28.4 Å². The Morgan fingerprint density at radius 3 is 1.28 bits per heavy atom. The monoisotopic (exact) mass is 956 g/mol. The molecule has 0 saturated carbocycles. The molecule has 7 N–H and O–H groups in total. The summed E-state index contributed by atoms with van der Waals surface area (Å²) < 4.78 is 29.0. The summed E-state index contributed by atoms with van der Waals surface area (Å²) >= 11 is 0. The van der Waals surface area contributed by atoms with E-state index >= 15 is 0 Å². The van der Waals surface area contributed by atoms with Gasteiger partial charge in [0.2, 0.25) is 0 Å². The summed E-state index contributed by atoms with van der Waals surface area (Å²) in [6.45, 7) is 3.74. The van der Waals surface area contributed by atoms with Crippen LogP contribution in [0, 0.1) is 0 Å². The minimum absolute atomic E-state index is 0.0166. The molecule has 0 aliphatic heterocycles. The number of para-hydroxylation sites is 1. The smallest absolute Gasteiger partial charge is 0.335 e. The van der Waals surface area contributed by atoms with E-state index in [1.807, 2.05) is 6.92 Å². The van der Waals surface area contributed by atoms with E-state index in [9.17, 15) is 44.1 Å². The second-order valence-electron chi connectivity index (χ2n) is 13.0. The van der Waals surface area contributed by atoms with Gasteiger partial charge >= 0.3 is 5.97 Å². The van der Waals surface area contributed by atoms with E-state index in [4.69, 9.17) is 48.8 Å². The van der Waals surface area contributed by atoms with Crippen molar-refractivity contribution in [2.45, 2.75) is 13.8 Å². The molecular weight excluding hydrogens is 905 g/mol. The molecule has 69 heavy (non-hydrogen) atoms. The van der Waals surface area contributed by atoms with E-state index in [0.29, 0.717) is 82.8 Å². The van der Waals surface area contributed by atoms with Crippen molar-refractivity contribution in [2.24, 2.45) is 0 Å². The van der Waals surface area contributed by atoms with Crippen molar-refractivity contribution in [3.8, 4) is 69.0 Å². The van der Waals surface area contributed by atoms with Crippen molar-refractivity contribution < 1.29 is 92.9 Å². The predicted molar refractivity (Wildman–Crippen MR) is 251 cm³/mol. The van der Waals surface area contributed by atoms with E-state index < -0.39 is 5.97 Å². The molecular formula is C50H52O19. The first-order chi connectivity index (χ1) is 32.9. The molecule has 0 spiro atoms. The van der Waals surface area contributed by atoms with Gasteiger partial charge in [-0.25, -0.2) is 4.79 Å². The lowest BCUT2D eigenvalue weighted by molar-refractivity contribution is 0.0695. The number of benzene rings is 6. The number of carbonyl (C=O) groups excluding carboxylic acids is 5. The van der Waals surface area contributed by atoms with Crippen LogP contribution >= 0.6 is 0 Å². The molecule has 6 aromatic rings. The van der Waals surface area contributed by atoms with Crippen LogP contribution in [0.4, 0.5) is 0 Å². The minimum Gasteiger partial charge on any atom is -0.504 e. The minimum atomic E-state index is -1.05. The van der Waals surface area contributed by atoms with Crippen LogP contribution in [0.3, 0.4) is 0 Å². The number of aldehydes is 4. The maximum Gasteiger partial charge on any atom is 0.335 e. The fourth-order valence-electron chi connectivity index (χ4n) is 4.93. The predicted octanol–water partition coefficient (Wildman–Crippen LogP) is 7.95. The number of carboxylic acid groups (broad SMARTS) is 1. The Balaban J connectivity index is 0.000000414. The summed E-state index contributed by atoms with van der Waals surface area (Å²) in [6.07, 6.45) is 2.65. The molecule has 0 fully saturated rings. The molecule has 19 heteroatoms. The van der Waals surface area contributed by atoms with Crippen molar-refractivity contribution in [3.63, 3.8) is 0 Å². The maximum atomic E-state index is 10.9. The maximum absolute atomic E-state index is 10.9. The highest BCUT2D eigenvalue weighted by molar-refractivity contribution is 5.94. The normalized spacial score (nSPS) is 9.32. The lowest BCUT2D eigenvalue weighted by Crippen LogP contribution is -1.96. The van der Waals surface area contributed by atoms with Gasteiger partial charge in [0.05, 0.1) is 53.3 Å². The van der Waals surface area contributed by atoms with Gasteiger partial charge in [0.1, 0.15) is 18.9 Å². The van der Waals surface area contributed by atoms with Gasteiger partial charge in [-0.3, -0.25) is 24.0 Å². The Kier molecular flexibility index (Phi) is 25.8. The first-order valence-electron chi connectivity index (χ1n) is 19.8. The topological polar surface area (TPSA) is 299 Å². The highest BCUT2D eigenvalue weighted by atomic mass is 16.5.